The Labute approximate surface area is 182 Å². The van der Waals surface area contributed by atoms with Crippen LogP contribution in [0, 0.1) is 11.8 Å². The van der Waals surface area contributed by atoms with Gasteiger partial charge < -0.3 is 21.1 Å². The molecule has 4 N–H and O–H groups in total. The number of nitrogens with two attached hydrogens (primary N) is 1. The highest BCUT2D eigenvalue weighted by atomic mass is 35.5. The van der Waals surface area contributed by atoms with Crippen LogP contribution in [0.15, 0.2) is 30.5 Å². The van der Waals surface area contributed by atoms with Gasteiger partial charge in [-0.25, -0.2) is 9.78 Å². The number of esters is 1. The molecule has 0 bridgehead atoms. The lowest BCUT2D eigenvalue weighted by Gasteiger charge is -2.28. The molecule has 8 heteroatoms. The van der Waals surface area contributed by atoms with E-state index in [-0.39, 0.29) is 0 Å². The van der Waals surface area contributed by atoms with Crippen LogP contribution in [0.1, 0.15) is 48.5 Å². The van der Waals surface area contributed by atoms with Gasteiger partial charge >= 0.3 is 5.97 Å². The van der Waals surface area contributed by atoms with Gasteiger partial charge in [0.15, 0.2) is 0 Å². The number of benzene rings is 1. The summed E-state index contributed by atoms with van der Waals surface area (Å²) >= 11 is 6.22. The zero-order valence-electron chi connectivity index (χ0n) is 17.4. The van der Waals surface area contributed by atoms with E-state index in [1.54, 1.807) is 6.92 Å². The van der Waals surface area contributed by atoms with E-state index in [4.69, 9.17) is 22.1 Å². The predicted molar refractivity (Wildman–Crippen MR) is 120 cm³/mol. The van der Waals surface area contributed by atoms with Crippen LogP contribution in [0.4, 0.5) is 11.8 Å². The standard InChI is InChI=1S/C22H30ClN5O2/c1-2-30-21(29)18-14-27-22(26-13-17-5-3-4-6-19(17)23)28-20(18)25-12-16-9-7-15(11-24)8-10-16/h3-6,14-16H,2,7-13,24H2,1H3,(H2,25,26,27,28). The Morgan fingerprint density at radius 1 is 1.20 bits per heavy atom. The number of hydrogen-bond donors (Lipinski definition) is 3. The van der Waals surface area contributed by atoms with Gasteiger partial charge in [0.05, 0.1) is 6.61 Å². The van der Waals surface area contributed by atoms with Gasteiger partial charge in [-0.3, -0.25) is 0 Å². The second-order valence-corrected chi connectivity index (χ2v) is 8.03. The number of carbonyl (C=O) groups excluding carboxylic acids is 1. The third-order valence-electron chi connectivity index (χ3n) is 5.54. The van der Waals surface area contributed by atoms with E-state index < -0.39 is 5.97 Å². The Morgan fingerprint density at radius 3 is 2.63 bits per heavy atom. The summed E-state index contributed by atoms with van der Waals surface area (Å²) in [5.74, 6) is 1.67. The normalized spacial score (nSPS) is 18.6. The van der Waals surface area contributed by atoms with Crippen molar-refractivity contribution in [2.75, 3.05) is 30.3 Å². The first-order valence-electron chi connectivity index (χ1n) is 10.6. The van der Waals surface area contributed by atoms with Crippen LogP contribution in [0.3, 0.4) is 0 Å². The second kappa shape index (κ2) is 11.1. The molecule has 7 nitrogen and oxygen atoms in total. The van der Waals surface area contributed by atoms with Crippen LogP contribution in [-0.2, 0) is 11.3 Å². The summed E-state index contributed by atoms with van der Waals surface area (Å²) in [4.78, 5) is 21.2. The summed E-state index contributed by atoms with van der Waals surface area (Å²) in [5.41, 5.74) is 7.08. The number of aromatic nitrogens is 2. The summed E-state index contributed by atoms with van der Waals surface area (Å²) < 4.78 is 5.16. The highest BCUT2D eigenvalue weighted by Gasteiger charge is 2.22. The highest BCUT2D eigenvalue weighted by Crippen LogP contribution is 2.28. The van der Waals surface area contributed by atoms with Gasteiger partial charge in [-0.05, 0) is 62.6 Å². The maximum absolute atomic E-state index is 12.3. The van der Waals surface area contributed by atoms with Gasteiger partial charge in [0, 0.05) is 24.3 Å². The molecule has 0 aliphatic heterocycles. The number of hydrogen-bond acceptors (Lipinski definition) is 7. The lowest BCUT2D eigenvalue weighted by atomic mass is 9.82. The first-order valence-corrected chi connectivity index (χ1v) is 10.9. The number of anilines is 2. The smallest absolute Gasteiger partial charge is 0.343 e. The Hall–Kier alpha value is -2.38. The summed E-state index contributed by atoms with van der Waals surface area (Å²) in [5, 5.41) is 7.22. The molecule has 0 spiro atoms. The van der Waals surface area contributed by atoms with Gasteiger partial charge in [-0.15, -0.1) is 0 Å². The Morgan fingerprint density at radius 2 is 1.93 bits per heavy atom. The molecule has 30 heavy (non-hydrogen) atoms. The number of nitrogens with one attached hydrogen (secondary N) is 2. The maximum Gasteiger partial charge on any atom is 0.343 e. The molecule has 0 radical (unpaired) electrons. The monoisotopic (exact) mass is 431 g/mol. The molecule has 162 valence electrons. The summed E-state index contributed by atoms with van der Waals surface area (Å²) in [6.07, 6.45) is 6.08. The van der Waals surface area contributed by atoms with Crippen LogP contribution in [0.5, 0.6) is 0 Å². The van der Waals surface area contributed by atoms with Crippen molar-refractivity contribution in [3.63, 3.8) is 0 Å². The van der Waals surface area contributed by atoms with Crippen molar-refractivity contribution >= 4 is 29.3 Å². The second-order valence-electron chi connectivity index (χ2n) is 7.62. The molecule has 1 fully saturated rings. The van der Waals surface area contributed by atoms with Crippen molar-refractivity contribution in [2.24, 2.45) is 17.6 Å². The van der Waals surface area contributed by atoms with Crippen LogP contribution >= 0.6 is 11.6 Å². The molecule has 1 aromatic carbocycles. The fourth-order valence-corrected chi connectivity index (χ4v) is 3.89. The fourth-order valence-electron chi connectivity index (χ4n) is 3.69. The lowest BCUT2D eigenvalue weighted by molar-refractivity contribution is 0.0526. The molecule has 2 aromatic rings. The topological polar surface area (TPSA) is 102 Å². The SMILES string of the molecule is CCOC(=O)c1cnc(NCc2ccccc2Cl)nc1NCC1CCC(CN)CC1. The van der Waals surface area contributed by atoms with Crippen LogP contribution in [0.2, 0.25) is 5.02 Å². The van der Waals surface area contributed by atoms with E-state index in [0.717, 1.165) is 44.3 Å². The summed E-state index contributed by atoms with van der Waals surface area (Å²) in [6, 6.07) is 7.61. The molecule has 1 heterocycles. The lowest BCUT2D eigenvalue weighted by Crippen LogP contribution is -2.26. The predicted octanol–water partition coefficient (Wildman–Crippen LogP) is 4.10. The van der Waals surface area contributed by atoms with Crippen LogP contribution in [0.25, 0.3) is 0 Å². The van der Waals surface area contributed by atoms with Gasteiger partial charge in [0.25, 0.3) is 0 Å². The molecular weight excluding hydrogens is 402 g/mol. The Kier molecular flexibility index (Phi) is 8.28. The number of nitrogens with zero attached hydrogens (tertiary/aromatic N) is 2. The summed E-state index contributed by atoms with van der Waals surface area (Å²) in [7, 11) is 0. The van der Waals surface area contributed by atoms with Crippen molar-refractivity contribution in [2.45, 2.75) is 39.2 Å². The molecule has 1 saturated carbocycles. The van der Waals surface area contributed by atoms with E-state index in [0.29, 0.717) is 47.3 Å². The van der Waals surface area contributed by atoms with Crippen molar-refractivity contribution in [1.82, 2.24) is 9.97 Å². The van der Waals surface area contributed by atoms with Crippen LogP contribution < -0.4 is 16.4 Å². The Balaban J connectivity index is 1.68. The van der Waals surface area contributed by atoms with Gasteiger partial charge in [-0.2, -0.15) is 4.98 Å². The minimum Gasteiger partial charge on any atom is -0.462 e. The van der Waals surface area contributed by atoms with Crippen molar-refractivity contribution in [3.05, 3.63) is 46.6 Å². The average Bonchev–Trinajstić information content (AvgIpc) is 2.77. The van der Waals surface area contributed by atoms with Gasteiger partial charge in [0.1, 0.15) is 11.4 Å². The number of halogens is 1. The zero-order valence-corrected chi connectivity index (χ0v) is 18.1. The maximum atomic E-state index is 12.3. The largest absolute Gasteiger partial charge is 0.462 e. The zero-order chi connectivity index (χ0) is 21.3. The third kappa shape index (κ3) is 6.06. The third-order valence-corrected chi connectivity index (χ3v) is 5.91. The number of carbonyl (C=O) groups is 1. The van der Waals surface area contributed by atoms with Gasteiger partial charge in [0.2, 0.25) is 5.95 Å². The first kappa shape index (κ1) is 22.3. The fraction of sp³-hybridized carbons (Fsp3) is 0.500. The minimum absolute atomic E-state index is 0.299. The molecule has 1 aromatic heterocycles. The van der Waals surface area contributed by atoms with Crippen molar-refractivity contribution < 1.29 is 9.53 Å². The quantitative estimate of drug-likeness (QED) is 0.513. The molecule has 0 saturated heterocycles. The average molecular weight is 432 g/mol. The minimum atomic E-state index is -0.426. The number of ether oxygens (including phenoxy) is 1. The molecule has 0 amide bonds. The van der Waals surface area contributed by atoms with Crippen LogP contribution in [-0.4, -0.2) is 35.6 Å². The number of rotatable bonds is 9. The van der Waals surface area contributed by atoms with E-state index in [1.165, 1.54) is 6.20 Å². The van der Waals surface area contributed by atoms with E-state index >= 15 is 0 Å². The molecule has 3 rings (SSSR count). The molecule has 1 aliphatic rings. The summed E-state index contributed by atoms with van der Waals surface area (Å²) in [6.45, 7) is 4.08. The van der Waals surface area contributed by atoms with Crippen molar-refractivity contribution in [3.8, 4) is 0 Å². The van der Waals surface area contributed by atoms with Gasteiger partial charge in [-0.1, -0.05) is 29.8 Å². The molecule has 0 unspecified atom stereocenters. The van der Waals surface area contributed by atoms with E-state index in [2.05, 4.69) is 20.6 Å². The highest BCUT2D eigenvalue weighted by molar-refractivity contribution is 6.31. The molecular formula is C22H30ClN5O2. The Bertz CT molecular complexity index is 840. The molecule has 1 aliphatic carbocycles. The van der Waals surface area contributed by atoms with E-state index in [9.17, 15) is 4.79 Å². The van der Waals surface area contributed by atoms with Crippen molar-refractivity contribution in [1.29, 1.82) is 0 Å². The first-order chi connectivity index (χ1) is 14.6. The molecule has 0 atom stereocenters. The van der Waals surface area contributed by atoms with E-state index in [1.807, 2.05) is 24.3 Å².